The number of hydrogen-bond acceptors (Lipinski definition) is 6. The largest absolute Gasteiger partial charge is 0.486 e. The number of ether oxygens (including phenoxy) is 2. The number of hydrogen-bond donors (Lipinski definition) is 3. The normalized spacial score (nSPS) is 23.1. The molecule has 1 aromatic rings. The quantitative estimate of drug-likeness (QED) is 0.626. The van der Waals surface area contributed by atoms with Crippen molar-refractivity contribution in [2.24, 2.45) is 0 Å². The zero-order valence-electron chi connectivity index (χ0n) is 14.1. The van der Waals surface area contributed by atoms with Gasteiger partial charge in [-0.3, -0.25) is 4.79 Å². The van der Waals surface area contributed by atoms with E-state index in [0.717, 1.165) is 0 Å². The summed E-state index contributed by atoms with van der Waals surface area (Å²) >= 11 is 0. The SMILES string of the molecule is O=C(CNC(=O)NC[C@H]1COc2ccccc2O1)N[C@@H]1CCS(=O)(=O)C1. The van der Waals surface area contributed by atoms with E-state index in [2.05, 4.69) is 16.0 Å². The second kappa shape index (κ2) is 7.81. The predicted octanol–water partition coefficient (Wildman–Crippen LogP) is -0.571. The number of sulfone groups is 1. The maximum atomic E-state index is 11.8. The Morgan fingerprint density at radius 2 is 1.92 bits per heavy atom. The van der Waals surface area contributed by atoms with Gasteiger partial charge in [0.2, 0.25) is 5.91 Å². The lowest BCUT2D eigenvalue weighted by atomic mass is 10.2. The Morgan fingerprint density at radius 1 is 1.15 bits per heavy atom. The van der Waals surface area contributed by atoms with Gasteiger partial charge in [-0.15, -0.1) is 0 Å². The van der Waals surface area contributed by atoms with E-state index in [0.29, 0.717) is 24.5 Å². The summed E-state index contributed by atoms with van der Waals surface area (Å²) in [5.74, 6) is 0.897. The van der Waals surface area contributed by atoms with Gasteiger partial charge in [0.05, 0.1) is 24.6 Å². The third-order valence-electron chi connectivity index (χ3n) is 4.06. The second-order valence-corrected chi connectivity index (χ2v) is 8.46. The molecule has 10 heteroatoms. The van der Waals surface area contributed by atoms with Crippen LogP contribution in [-0.2, 0) is 14.6 Å². The Morgan fingerprint density at radius 3 is 2.65 bits per heavy atom. The number of carbonyl (C=O) groups excluding carboxylic acids is 2. The van der Waals surface area contributed by atoms with Crippen molar-refractivity contribution in [3.8, 4) is 11.5 Å². The lowest BCUT2D eigenvalue weighted by Gasteiger charge is -2.26. The van der Waals surface area contributed by atoms with E-state index in [1.54, 1.807) is 12.1 Å². The van der Waals surface area contributed by atoms with Crippen LogP contribution in [0.5, 0.6) is 11.5 Å². The maximum absolute atomic E-state index is 11.8. The fourth-order valence-electron chi connectivity index (χ4n) is 2.78. The molecule has 2 atom stereocenters. The molecule has 0 radical (unpaired) electrons. The molecule has 0 unspecified atom stereocenters. The van der Waals surface area contributed by atoms with Crippen LogP contribution in [0.3, 0.4) is 0 Å². The van der Waals surface area contributed by atoms with E-state index in [1.807, 2.05) is 12.1 Å². The maximum Gasteiger partial charge on any atom is 0.315 e. The number of carbonyl (C=O) groups is 2. The van der Waals surface area contributed by atoms with Crippen molar-refractivity contribution in [2.45, 2.75) is 18.6 Å². The van der Waals surface area contributed by atoms with Crippen molar-refractivity contribution in [1.82, 2.24) is 16.0 Å². The number of fused-ring (bicyclic) bond motifs is 1. The Balaban J connectivity index is 1.34. The van der Waals surface area contributed by atoms with Crippen LogP contribution in [0.2, 0.25) is 0 Å². The van der Waals surface area contributed by atoms with Gasteiger partial charge in [0.1, 0.15) is 6.61 Å². The summed E-state index contributed by atoms with van der Waals surface area (Å²) in [6.07, 6.45) is 0.0778. The molecule has 3 rings (SSSR count). The van der Waals surface area contributed by atoms with Gasteiger partial charge < -0.3 is 25.4 Å². The predicted molar refractivity (Wildman–Crippen MR) is 93.0 cm³/mol. The van der Waals surface area contributed by atoms with Crippen LogP contribution in [0.1, 0.15) is 6.42 Å². The molecule has 26 heavy (non-hydrogen) atoms. The van der Waals surface area contributed by atoms with Crippen molar-refractivity contribution in [1.29, 1.82) is 0 Å². The van der Waals surface area contributed by atoms with Crippen molar-refractivity contribution >= 4 is 21.8 Å². The molecule has 3 N–H and O–H groups in total. The van der Waals surface area contributed by atoms with Crippen LogP contribution in [-0.4, -0.2) is 63.7 Å². The van der Waals surface area contributed by atoms with Gasteiger partial charge in [0.15, 0.2) is 27.4 Å². The van der Waals surface area contributed by atoms with Crippen LogP contribution in [0.25, 0.3) is 0 Å². The van der Waals surface area contributed by atoms with Crippen LogP contribution in [0, 0.1) is 0 Å². The molecule has 0 spiro atoms. The zero-order valence-corrected chi connectivity index (χ0v) is 14.9. The lowest BCUT2D eigenvalue weighted by Crippen LogP contribution is -2.48. The minimum atomic E-state index is -3.05. The van der Waals surface area contributed by atoms with Gasteiger partial charge in [-0.2, -0.15) is 0 Å². The van der Waals surface area contributed by atoms with Gasteiger partial charge in [-0.25, -0.2) is 13.2 Å². The molecule has 2 heterocycles. The standard InChI is InChI=1S/C16H21N3O6S/c20-15(19-11-5-6-26(22,23)10-11)8-18-16(21)17-7-12-9-24-13-3-1-2-4-14(13)25-12/h1-4,11-12H,5-10H2,(H,19,20)(H2,17,18,21)/t11-,12+/m1/s1. The number of urea groups is 1. The summed E-state index contributed by atoms with van der Waals surface area (Å²) in [5.41, 5.74) is 0. The molecule has 142 valence electrons. The Bertz CT molecular complexity index is 782. The van der Waals surface area contributed by atoms with Crippen LogP contribution >= 0.6 is 0 Å². The molecule has 3 amide bonds. The van der Waals surface area contributed by atoms with Gasteiger partial charge in [0.25, 0.3) is 0 Å². The first-order chi connectivity index (χ1) is 12.4. The zero-order chi connectivity index (χ0) is 18.6. The number of amides is 3. The van der Waals surface area contributed by atoms with Crippen LogP contribution < -0.4 is 25.4 Å². The topological polar surface area (TPSA) is 123 Å². The van der Waals surface area contributed by atoms with E-state index in [9.17, 15) is 18.0 Å². The number of rotatable bonds is 5. The van der Waals surface area contributed by atoms with E-state index < -0.39 is 21.8 Å². The Labute approximate surface area is 151 Å². The molecule has 0 aliphatic carbocycles. The monoisotopic (exact) mass is 383 g/mol. The third kappa shape index (κ3) is 5.01. The highest BCUT2D eigenvalue weighted by molar-refractivity contribution is 7.91. The van der Waals surface area contributed by atoms with E-state index in [4.69, 9.17) is 9.47 Å². The average molecular weight is 383 g/mol. The second-order valence-electron chi connectivity index (χ2n) is 6.23. The summed E-state index contributed by atoms with van der Waals surface area (Å²) in [6, 6.07) is 6.38. The summed E-state index contributed by atoms with van der Waals surface area (Å²) in [6.45, 7) is 0.309. The number of benzene rings is 1. The van der Waals surface area contributed by atoms with Crippen LogP contribution in [0.4, 0.5) is 4.79 Å². The molecular weight excluding hydrogens is 362 g/mol. The molecule has 1 aromatic carbocycles. The molecule has 0 saturated carbocycles. The lowest BCUT2D eigenvalue weighted by molar-refractivity contribution is -0.120. The van der Waals surface area contributed by atoms with Crippen molar-refractivity contribution in [3.63, 3.8) is 0 Å². The summed E-state index contributed by atoms with van der Waals surface area (Å²) in [7, 11) is -3.05. The molecule has 0 aromatic heterocycles. The minimum Gasteiger partial charge on any atom is -0.486 e. The van der Waals surface area contributed by atoms with Gasteiger partial charge in [-0.05, 0) is 18.6 Å². The molecule has 9 nitrogen and oxygen atoms in total. The number of nitrogens with one attached hydrogen (secondary N) is 3. The summed E-state index contributed by atoms with van der Waals surface area (Å²) in [4.78, 5) is 23.5. The molecule has 2 aliphatic rings. The third-order valence-corrected chi connectivity index (χ3v) is 5.83. The highest BCUT2D eigenvalue weighted by Crippen LogP contribution is 2.30. The van der Waals surface area contributed by atoms with Crippen LogP contribution in [0.15, 0.2) is 24.3 Å². The van der Waals surface area contributed by atoms with Gasteiger partial charge in [-0.1, -0.05) is 12.1 Å². The van der Waals surface area contributed by atoms with Crippen molar-refractivity contribution in [2.75, 3.05) is 31.2 Å². The molecular formula is C16H21N3O6S. The van der Waals surface area contributed by atoms with Crippen molar-refractivity contribution in [3.05, 3.63) is 24.3 Å². The molecule has 1 saturated heterocycles. The fourth-order valence-corrected chi connectivity index (χ4v) is 4.45. The van der Waals surface area contributed by atoms with E-state index in [1.165, 1.54) is 0 Å². The molecule has 0 bridgehead atoms. The Hall–Kier alpha value is -2.49. The van der Waals surface area contributed by atoms with E-state index >= 15 is 0 Å². The highest BCUT2D eigenvalue weighted by atomic mass is 32.2. The van der Waals surface area contributed by atoms with E-state index in [-0.39, 0.29) is 36.7 Å². The fraction of sp³-hybridized carbons (Fsp3) is 0.500. The Kier molecular flexibility index (Phi) is 5.50. The smallest absolute Gasteiger partial charge is 0.315 e. The first-order valence-corrected chi connectivity index (χ1v) is 10.1. The first-order valence-electron chi connectivity index (χ1n) is 8.31. The van der Waals surface area contributed by atoms with Gasteiger partial charge in [0, 0.05) is 6.04 Å². The average Bonchev–Trinajstić information content (AvgIpc) is 2.96. The summed E-state index contributed by atoms with van der Waals surface area (Å²) < 4.78 is 34.0. The summed E-state index contributed by atoms with van der Waals surface area (Å²) in [5, 5.41) is 7.64. The highest BCUT2D eigenvalue weighted by Gasteiger charge is 2.28. The minimum absolute atomic E-state index is 0.0502. The van der Waals surface area contributed by atoms with Gasteiger partial charge >= 0.3 is 6.03 Å². The van der Waals surface area contributed by atoms with Crippen molar-refractivity contribution < 1.29 is 27.5 Å². The molecule has 1 fully saturated rings. The number of para-hydroxylation sites is 2. The first kappa shape index (κ1) is 18.3. The molecule has 2 aliphatic heterocycles.